The highest BCUT2D eigenvalue weighted by molar-refractivity contribution is 7.26. The summed E-state index contributed by atoms with van der Waals surface area (Å²) in [5.41, 5.74) is 13.2. The monoisotopic (exact) mass is 747 g/mol. The van der Waals surface area contributed by atoms with Crippen LogP contribution in [-0.4, -0.2) is 15.0 Å². The van der Waals surface area contributed by atoms with E-state index in [2.05, 4.69) is 182 Å². The van der Waals surface area contributed by atoms with Crippen LogP contribution < -0.4 is 4.74 Å². The maximum absolute atomic E-state index is 6.19. The minimum absolute atomic E-state index is 0.578. The summed E-state index contributed by atoms with van der Waals surface area (Å²) in [5, 5.41) is 2.57. The highest BCUT2D eigenvalue weighted by Crippen LogP contribution is 2.44. The molecule has 57 heavy (non-hydrogen) atoms. The number of rotatable bonds is 6. The highest BCUT2D eigenvalue weighted by Gasteiger charge is 2.21. The first-order chi connectivity index (χ1) is 28.2. The van der Waals surface area contributed by atoms with Crippen molar-refractivity contribution in [3.63, 3.8) is 0 Å². The molecule has 0 aliphatic carbocycles. The first-order valence-corrected chi connectivity index (χ1v) is 19.9. The topological polar surface area (TPSA) is 47.9 Å². The van der Waals surface area contributed by atoms with Gasteiger partial charge in [-0.2, -0.15) is 0 Å². The standard InChI is InChI=1S/C52H33N3OS/c1-2-11-33(12-3-1)34-23-27-36(28-24-34)50-53-51(37-29-25-35(26-30-37)41-18-10-21-46-48(41)42-16-5-4-13-40(42)32-56-46)55-52(54-50)39-15-8-14-38(31-39)43-19-9-20-45-44-17-6-7-22-47(44)57-49(43)45/h1-31H,32H2. The molecule has 0 unspecified atom stereocenters. The van der Waals surface area contributed by atoms with E-state index in [0.717, 1.165) is 50.3 Å². The Kier molecular flexibility index (Phi) is 8.04. The van der Waals surface area contributed by atoms with Gasteiger partial charge in [-0.15, -0.1) is 11.3 Å². The summed E-state index contributed by atoms with van der Waals surface area (Å²) in [4.78, 5) is 15.4. The second-order valence-electron chi connectivity index (χ2n) is 14.3. The molecular formula is C52H33N3OS. The Hall–Kier alpha value is -7.21. The number of fused-ring (bicyclic) bond motifs is 6. The molecule has 0 radical (unpaired) electrons. The molecule has 8 aromatic carbocycles. The van der Waals surface area contributed by atoms with E-state index in [1.165, 1.54) is 42.4 Å². The van der Waals surface area contributed by atoms with Crippen molar-refractivity contribution in [2.45, 2.75) is 6.61 Å². The van der Waals surface area contributed by atoms with Gasteiger partial charge in [0, 0.05) is 42.4 Å². The predicted molar refractivity (Wildman–Crippen MR) is 235 cm³/mol. The molecule has 0 N–H and O–H groups in total. The average molecular weight is 748 g/mol. The largest absolute Gasteiger partial charge is 0.488 e. The van der Waals surface area contributed by atoms with Gasteiger partial charge in [0.2, 0.25) is 0 Å². The van der Waals surface area contributed by atoms with Gasteiger partial charge in [0.05, 0.1) is 0 Å². The van der Waals surface area contributed by atoms with E-state index in [1.807, 2.05) is 17.4 Å². The lowest BCUT2D eigenvalue weighted by molar-refractivity contribution is 0.302. The third-order valence-electron chi connectivity index (χ3n) is 10.9. The SMILES string of the molecule is c1ccc(-c2ccc(-c3nc(-c4ccc(-c5cccc6c5-c5ccccc5CO6)cc4)nc(-c4cccc(-c5cccc6c5sc5ccccc56)c4)n3)cc2)cc1. The maximum atomic E-state index is 6.19. The summed E-state index contributed by atoms with van der Waals surface area (Å²) in [5.74, 6) is 2.78. The van der Waals surface area contributed by atoms with Gasteiger partial charge in [-0.3, -0.25) is 0 Å². The van der Waals surface area contributed by atoms with E-state index in [0.29, 0.717) is 24.1 Å². The third kappa shape index (κ3) is 5.97. The fourth-order valence-corrected chi connectivity index (χ4v) is 9.26. The molecule has 1 aliphatic heterocycles. The maximum Gasteiger partial charge on any atom is 0.164 e. The van der Waals surface area contributed by atoms with E-state index in [-0.39, 0.29) is 0 Å². The minimum Gasteiger partial charge on any atom is -0.488 e. The van der Waals surface area contributed by atoms with Crippen LogP contribution >= 0.6 is 11.3 Å². The second-order valence-corrected chi connectivity index (χ2v) is 15.4. The number of ether oxygens (including phenoxy) is 1. The van der Waals surface area contributed by atoms with Crippen LogP contribution in [0.15, 0.2) is 188 Å². The molecule has 0 saturated heterocycles. The fourth-order valence-electron chi connectivity index (χ4n) is 8.02. The van der Waals surface area contributed by atoms with Gasteiger partial charge in [-0.05, 0) is 62.7 Å². The molecule has 2 aromatic heterocycles. The van der Waals surface area contributed by atoms with Crippen LogP contribution in [0.25, 0.3) is 98.8 Å². The van der Waals surface area contributed by atoms with Crippen LogP contribution in [0.3, 0.4) is 0 Å². The number of nitrogens with zero attached hydrogens (tertiary/aromatic N) is 3. The van der Waals surface area contributed by atoms with Crippen LogP contribution in [-0.2, 0) is 6.61 Å². The Balaban J connectivity index is 1.02. The fraction of sp³-hybridized carbons (Fsp3) is 0.0192. The van der Waals surface area contributed by atoms with E-state index in [1.54, 1.807) is 0 Å². The van der Waals surface area contributed by atoms with Crippen LogP contribution in [0.4, 0.5) is 0 Å². The number of thiophene rings is 1. The van der Waals surface area contributed by atoms with E-state index < -0.39 is 0 Å². The van der Waals surface area contributed by atoms with Gasteiger partial charge in [0.25, 0.3) is 0 Å². The van der Waals surface area contributed by atoms with Crippen LogP contribution in [0.2, 0.25) is 0 Å². The van der Waals surface area contributed by atoms with Gasteiger partial charge >= 0.3 is 0 Å². The lowest BCUT2D eigenvalue weighted by Gasteiger charge is -2.23. The van der Waals surface area contributed by atoms with Gasteiger partial charge in [-0.25, -0.2) is 15.0 Å². The summed E-state index contributed by atoms with van der Waals surface area (Å²) in [6.45, 7) is 0.578. The molecule has 0 amide bonds. The number of aromatic nitrogens is 3. The molecule has 10 aromatic rings. The van der Waals surface area contributed by atoms with Crippen molar-refractivity contribution in [2.75, 3.05) is 0 Å². The quantitative estimate of drug-likeness (QED) is 0.170. The van der Waals surface area contributed by atoms with E-state index in [4.69, 9.17) is 19.7 Å². The van der Waals surface area contributed by atoms with Crippen LogP contribution in [0.1, 0.15) is 5.56 Å². The van der Waals surface area contributed by atoms with E-state index in [9.17, 15) is 0 Å². The van der Waals surface area contributed by atoms with Crippen molar-refractivity contribution in [1.82, 2.24) is 15.0 Å². The summed E-state index contributed by atoms with van der Waals surface area (Å²) < 4.78 is 8.76. The molecule has 0 saturated carbocycles. The van der Waals surface area contributed by atoms with E-state index >= 15 is 0 Å². The molecular weight excluding hydrogens is 715 g/mol. The van der Waals surface area contributed by atoms with Crippen molar-refractivity contribution < 1.29 is 4.74 Å². The van der Waals surface area contributed by atoms with Crippen molar-refractivity contribution in [1.29, 1.82) is 0 Å². The van der Waals surface area contributed by atoms with Crippen LogP contribution in [0.5, 0.6) is 5.75 Å². The van der Waals surface area contributed by atoms with Gasteiger partial charge in [0.15, 0.2) is 17.5 Å². The lowest BCUT2D eigenvalue weighted by Crippen LogP contribution is -2.06. The van der Waals surface area contributed by atoms with Crippen molar-refractivity contribution in [3.8, 4) is 84.4 Å². The smallest absolute Gasteiger partial charge is 0.164 e. The van der Waals surface area contributed by atoms with Crippen LogP contribution in [0, 0.1) is 0 Å². The zero-order valence-corrected chi connectivity index (χ0v) is 31.6. The zero-order chi connectivity index (χ0) is 37.7. The Morgan fingerprint density at radius 3 is 1.74 bits per heavy atom. The summed E-state index contributed by atoms with van der Waals surface area (Å²) >= 11 is 1.84. The molecule has 5 heteroatoms. The summed E-state index contributed by atoms with van der Waals surface area (Å²) in [7, 11) is 0. The third-order valence-corrected chi connectivity index (χ3v) is 12.1. The molecule has 0 fully saturated rings. The first-order valence-electron chi connectivity index (χ1n) is 19.1. The summed E-state index contributed by atoms with van der Waals surface area (Å²) in [6, 6.07) is 66.1. The minimum atomic E-state index is 0.578. The lowest BCUT2D eigenvalue weighted by atomic mass is 9.89. The van der Waals surface area contributed by atoms with Crippen molar-refractivity contribution in [3.05, 3.63) is 194 Å². The Bertz CT molecular complexity index is 3120. The average Bonchev–Trinajstić information content (AvgIpc) is 3.68. The summed E-state index contributed by atoms with van der Waals surface area (Å²) in [6.07, 6.45) is 0. The number of benzene rings is 8. The van der Waals surface area contributed by atoms with Gasteiger partial charge in [-0.1, -0.05) is 170 Å². The zero-order valence-electron chi connectivity index (χ0n) is 30.8. The molecule has 0 bridgehead atoms. The van der Waals surface area contributed by atoms with Crippen molar-refractivity contribution >= 4 is 31.5 Å². The number of hydrogen-bond donors (Lipinski definition) is 0. The normalized spacial score (nSPS) is 11.9. The Morgan fingerprint density at radius 2 is 0.930 bits per heavy atom. The van der Waals surface area contributed by atoms with Crippen molar-refractivity contribution in [2.24, 2.45) is 0 Å². The first kappa shape index (κ1) is 33.2. The van der Waals surface area contributed by atoms with Gasteiger partial charge < -0.3 is 4.74 Å². The molecule has 0 atom stereocenters. The second kappa shape index (κ2) is 13.8. The highest BCUT2D eigenvalue weighted by atomic mass is 32.1. The molecule has 268 valence electrons. The van der Waals surface area contributed by atoms with Gasteiger partial charge in [0.1, 0.15) is 12.4 Å². The molecule has 1 aliphatic rings. The molecule has 11 rings (SSSR count). The number of hydrogen-bond acceptors (Lipinski definition) is 5. The molecule has 0 spiro atoms. The predicted octanol–water partition coefficient (Wildman–Crippen LogP) is 13.8. The molecule has 4 nitrogen and oxygen atoms in total. The Labute approximate surface area is 334 Å². The Morgan fingerprint density at radius 1 is 0.386 bits per heavy atom. The molecule has 3 heterocycles.